The van der Waals surface area contributed by atoms with Crippen LogP contribution in [0.5, 0.6) is 6.01 Å². The van der Waals surface area contributed by atoms with E-state index in [1.54, 1.807) is 13.8 Å². The number of aromatic nitrogens is 3. The molecule has 1 heterocycles. The molecular weight excluding hydrogens is 254 g/mol. The maximum Gasteiger partial charge on any atom is 0.322 e. The van der Waals surface area contributed by atoms with Gasteiger partial charge in [-0.3, -0.25) is 0 Å². The number of halogens is 2. The molecule has 0 atom stereocenters. The van der Waals surface area contributed by atoms with Crippen LogP contribution in [0, 0.1) is 11.6 Å². The molecule has 0 bridgehead atoms. The maximum atomic E-state index is 13.6. The predicted molar refractivity (Wildman–Crippen MR) is 65.4 cm³/mol. The van der Waals surface area contributed by atoms with Gasteiger partial charge in [0.15, 0.2) is 5.82 Å². The highest BCUT2D eigenvalue weighted by atomic mass is 19.1. The third kappa shape index (κ3) is 3.12. The molecule has 0 radical (unpaired) electrons. The Morgan fingerprint density at radius 3 is 2.53 bits per heavy atom. The quantitative estimate of drug-likeness (QED) is 0.921. The standard InChI is InChI=1S/C12H12F2N4O/c1-6(2)19-12-17-10(16-11(15)18-12)8-4-3-7(13)5-9(8)14/h3-6H,1-2H3,(H2,15,16,17,18). The number of ether oxygens (including phenoxy) is 1. The Kier molecular flexibility index (Phi) is 3.55. The average Bonchev–Trinajstić information content (AvgIpc) is 2.26. The zero-order valence-corrected chi connectivity index (χ0v) is 10.4. The van der Waals surface area contributed by atoms with Crippen molar-refractivity contribution in [3.8, 4) is 17.4 Å². The monoisotopic (exact) mass is 266 g/mol. The highest BCUT2D eigenvalue weighted by Gasteiger charge is 2.13. The first-order chi connectivity index (χ1) is 8.95. The van der Waals surface area contributed by atoms with E-state index in [1.165, 1.54) is 6.07 Å². The summed E-state index contributed by atoms with van der Waals surface area (Å²) in [6, 6.07) is 3.10. The van der Waals surface area contributed by atoms with E-state index in [9.17, 15) is 8.78 Å². The number of benzene rings is 1. The van der Waals surface area contributed by atoms with E-state index in [1.807, 2.05) is 0 Å². The third-order valence-electron chi connectivity index (χ3n) is 2.15. The Morgan fingerprint density at radius 2 is 1.89 bits per heavy atom. The second kappa shape index (κ2) is 5.13. The summed E-state index contributed by atoms with van der Waals surface area (Å²) in [7, 11) is 0. The minimum Gasteiger partial charge on any atom is -0.461 e. The van der Waals surface area contributed by atoms with Gasteiger partial charge in [0.25, 0.3) is 0 Å². The summed E-state index contributed by atoms with van der Waals surface area (Å²) in [4.78, 5) is 11.5. The summed E-state index contributed by atoms with van der Waals surface area (Å²) in [5, 5.41) is 0. The van der Waals surface area contributed by atoms with Gasteiger partial charge in [-0.2, -0.15) is 15.0 Å². The first-order valence-electron chi connectivity index (χ1n) is 5.59. The number of hydrogen-bond donors (Lipinski definition) is 1. The van der Waals surface area contributed by atoms with Gasteiger partial charge in [-0.1, -0.05) is 0 Å². The van der Waals surface area contributed by atoms with Gasteiger partial charge in [0, 0.05) is 6.07 Å². The average molecular weight is 266 g/mol. The van der Waals surface area contributed by atoms with Crippen molar-refractivity contribution < 1.29 is 13.5 Å². The zero-order chi connectivity index (χ0) is 14.0. The molecule has 0 aliphatic heterocycles. The molecule has 100 valence electrons. The lowest BCUT2D eigenvalue weighted by atomic mass is 10.2. The van der Waals surface area contributed by atoms with E-state index >= 15 is 0 Å². The molecule has 0 aliphatic carbocycles. The number of hydrogen-bond acceptors (Lipinski definition) is 5. The molecule has 2 N–H and O–H groups in total. The van der Waals surface area contributed by atoms with Crippen LogP contribution in [0.25, 0.3) is 11.4 Å². The van der Waals surface area contributed by atoms with Crippen LogP contribution < -0.4 is 10.5 Å². The lowest BCUT2D eigenvalue weighted by molar-refractivity contribution is 0.222. The van der Waals surface area contributed by atoms with Gasteiger partial charge in [0.05, 0.1) is 11.7 Å². The SMILES string of the molecule is CC(C)Oc1nc(N)nc(-c2ccc(F)cc2F)n1. The van der Waals surface area contributed by atoms with Gasteiger partial charge in [-0.15, -0.1) is 0 Å². The first-order valence-corrected chi connectivity index (χ1v) is 5.59. The van der Waals surface area contributed by atoms with Crippen LogP contribution in [0.1, 0.15) is 13.8 Å². The molecule has 0 fully saturated rings. The summed E-state index contributed by atoms with van der Waals surface area (Å²) in [5.41, 5.74) is 5.55. The molecule has 0 amide bonds. The fraction of sp³-hybridized carbons (Fsp3) is 0.250. The molecule has 19 heavy (non-hydrogen) atoms. The number of nitrogens with two attached hydrogens (primary N) is 1. The van der Waals surface area contributed by atoms with Crippen LogP contribution in [0.2, 0.25) is 0 Å². The van der Waals surface area contributed by atoms with Crippen LogP contribution in [-0.2, 0) is 0 Å². The Morgan fingerprint density at radius 1 is 1.16 bits per heavy atom. The van der Waals surface area contributed by atoms with E-state index in [2.05, 4.69) is 15.0 Å². The van der Waals surface area contributed by atoms with Gasteiger partial charge < -0.3 is 10.5 Å². The Hall–Kier alpha value is -2.31. The van der Waals surface area contributed by atoms with Crippen LogP contribution in [0.15, 0.2) is 18.2 Å². The van der Waals surface area contributed by atoms with Crippen molar-refractivity contribution in [3.05, 3.63) is 29.8 Å². The minimum atomic E-state index is -0.777. The number of rotatable bonds is 3. The normalized spacial score (nSPS) is 10.8. The molecule has 2 aromatic rings. The Labute approximate surface area is 108 Å². The molecular formula is C12H12F2N4O. The number of nitrogens with zero attached hydrogens (tertiary/aromatic N) is 3. The second-order valence-electron chi connectivity index (χ2n) is 4.09. The summed E-state index contributed by atoms with van der Waals surface area (Å²) in [6.07, 6.45) is -0.160. The van der Waals surface area contributed by atoms with Crippen molar-refractivity contribution in [1.29, 1.82) is 0 Å². The molecule has 2 rings (SSSR count). The molecule has 0 saturated heterocycles. The topological polar surface area (TPSA) is 73.9 Å². The summed E-state index contributed by atoms with van der Waals surface area (Å²) >= 11 is 0. The smallest absolute Gasteiger partial charge is 0.322 e. The molecule has 1 aromatic heterocycles. The molecule has 5 nitrogen and oxygen atoms in total. The van der Waals surface area contributed by atoms with Crippen molar-refractivity contribution in [2.75, 3.05) is 5.73 Å². The molecule has 7 heteroatoms. The molecule has 0 saturated carbocycles. The van der Waals surface area contributed by atoms with Gasteiger partial charge >= 0.3 is 6.01 Å². The fourth-order valence-electron chi connectivity index (χ4n) is 1.43. The Balaban J connectivity index is 2.46. The van der Waals surface area contributed by atoms with Crippen molar-refractivity contribution in [1.82, 2.24) is 15.0 Å². The molecule has 0 spiro atoms. The zero-order valence-electron chi connectivity index (χ0n) is 10.4. The highest BCUT2D eigenvalue weighted by molar-refractivity contribution is 5.57. The van der Waals surface area contributed by atoms with Crippen molar-refractivity contribution in [2.24, 2.45) is 0 Å². The molecule has 0 aliphatic rings. The van der Waals surface area contributed by atoms with Gasteiger partial charge in [0.2, 0.25) is 5.95 Å². The van der Waals surface area contributed by atoms with Crippen molar-refractivity contribution in [3.63, 3.8) is 0 Å². The fourth-order valence-corrected chi connectivity index (χ4v) is 1.43. The third-order valence-corrected chi connectivity index (χ3v) is 2.15. The van der Waals surface area contributed by atoms with Crippen LogP contribution in [0.4, 0.5) is 14.7 Å². The summed E-state index contributed by atoms with van der Waals surface area (Å²) < 4.78 is 31.8. The van der Waals surface area contributed by atoms with Crippen LogP contribution in [-0.4, -0.2) is 21.1 Å². The predicted octanol–water partition coefficient (Wildman–Crippen LogP) is 2.19. The summed E-state index contributed by atoms with van der Waals surface area (Å²) in [6.45, 7) is 3.58. The van der Waals surface area contributed by atoms with Gasteiger partial charge in [-0.05, 0) is 26.0 Å². The van der Waals surface area contributed by atoms with Gasteiger partial charge in [-0.25, -0.2) is 8.78 Å². The lowest BCUT2D eigenvalue weighted by Crippen LogP contribution is -2.11. The largest absolute Gasteiger partial charge is 0.461 e. The van der Waals surface area contributed by atoms with E-state index in [4.69, 9.17) is 10.5 Å². The van der Waals surface area contributed by atoms with E-state index < -0.39 is 11.6 Å². The van der Waals surface area contributed by atoms with Gasteiger partial charge in [0.1, 0.15) is 11.6 Å². The Bertz CT molecular complexity index is 604. The highest BCUT2D eigenvalue weighted by Crippen LogP contribution is 2.22. The van der Waals surface area contributed by atoms with E-state index in [0.717, 1.165) is 12.1 Å². The van der Waals surface area contributed by atoms with Crippen LogP contribution >= 0.6 is 0 Å². The number of anilines is 1. The van der Waals surface area contributed by atoms with Crippen molar-refractivity contribution >= 4 is 5.95 Å². The lowest BCUT2D eigenvalue weighted by Gasteiger charge is -2.09. The van der Waals surface area contributed by atoms with E-state index in [-0.39, 0.29) is 29.5 Å². The number of nitrogen functional groups attached to an aromatic ring is 1. The van der Waals surface area contributed by atoms with Crippen molar-refractivity contribution in [2.45, 2.75) is 20.0 Å². The second-order valence-corrected chi connectivity index (χ2v) is 4.09. The molecule has 1 aromatic carbocycles. The molecule has 0 unspecified atom stereocenters. The summed E-state index contributed by atoms with van der Waals surface area (Å²) in [5.74, 6) is -1.55. The first kappa shape index (κ1) is 13.1. The maximum absolute atomic E-state index is 13.6. The minimum absolute atomic E-state index is 0.000602. The van der Waals surface area contributed by atoms with E-state index in [0.29, 0.717) is 0 Å². The van der Waals surface area contributed by atoms with Crippen LogP contribution in [0.3, 0.4) is 0 Å².